The quantitative estimate of drug-likeness (QED) is 0.671. The van der Waals surface area contributed by atoms with Gasteiger partial charge in [-0.15, -0.1) is 0 Å². The number of hydrogen-bond donors (Lipinski definition) is 2. The highest BCUT2D eigenvalue weighted by atomic mass is 16.4. The molecule has 5 nitrogen and oxygen atoms in total. The van der Waals surface area contributed by atoms with Crippen LogP contribution in [0.15, 0.2) is 10.6 Å². The summed E-state index contributed by atoms with van der Waals surface area (Å²) in [6.45, 7) is 0.292. The Morgan fingerprint density at radius 3 is 3.00 bits per heavy atom. The maximum Gasteiger partial charge on any atom is 0.303 e. The molecule has 66 valence electrons. The Balaban J connectivity index is 2.47. The Labute approximate surface area is 69.2 Å². The summed E-state index contributed by atoms with van der Waals surface area (Å²) in [7, 11) is 0. The first-order valence-electron chi connectivity index (χ1n) is 3.58. The van der Waals surface area contributed by atoms with Gasteiger partial charge in [-0.25, -0.2) is 4.98 Å². The molecule has 0 aromatic carbocycles. The van der Waals surface area contributed by atoms with E-state index in [1.807, 2.05) is 0 Å². The summed E-state index contributed by atoms with van der Waals surface area (Å²) in [6.07, 6.45) is 1.86. The van der Waals surface area contributed by atoms with Gasteiger partial charge in [-0.3, -0.25) is 4.79 Å². The van der Waals surface area contributed by atoms with Gasteiger partial charge in [-0.05, 0) is 0 Å². The van der Waals surface area contributed by atoms with Crippen molar-refractivity contribution < 1.29 is 14.3 Å². The van der Waals surface area contributed by atoms with Gasteiger partial charge >= 0.3 is 5.97 Å². The number of carboxylic acid groups (broad SMARTS) is 1. The normalized spacial score (nSPS) is 10.1. The summed E-state index contributed by atoms with van der Waals surface area (Å²) >= 11 is 0. The molecular formula is C7H10N2O3. The molecule has 0 aliphatic carbocycles. The van der Waals surface area contributed by atoms with E-state index in [4.69, 9.17) is 15.3 Å². The fraction of sp³-hybridized carbons (Fsp3) is 0.429. The molecule has 0 fully saturated rings. The van der Waals surface area contributed by atoms with Gasteiger partial charge in [0, 0.05) is 6.42 Å². The molecule has 0 saturated carbocycles. The van der Waals surface area contributed by atoms with Gasteiger partial charge < -0.3 is 15.3 Å². The zero-order valence-corrected chi connectivity index (χ0v) is 6.49. The average molecular weight is 170 g/mol. The van der Waals surface area contributed by atoms with E-state index in [-0.39, 0.29) is 6.42 Å². The number of carbonyl (C=O) groups is 1. The second kappa shape index (κ2) is 3.87. The topological polar surface area (TPSA) is 89.3 Å². The molecule has 0 radical (unpaired) electrons. The molecule has 0 saturated heterocycles. The van der Waals surface area contributed by atoms with Gasteiger partial charge in [0.1, 0.15) is 5.76 Å². The molecule has 1 aromatic rings. The molecule has 0 aliphatic rings. The highest BCUT2D eigenvalue weighted by Crippen LogP contribution is 2.04. The number of hydrogen-bond acceptors (Lipinski definition) is 4. The first-order chi connectivity index (χ1) is 5.72. The summed E-state index contributed by atoms with van der Waals surface area (Å²) in [5, 5.41) is 8.34. The lowest BCUT2D eigenvalue weighted by molar-refractivity contribution is -0.137. The third kappa shape index (κ3) is 2.35. The predicted molar refractivity (Wildman–Crippen MR) is 40.4 cm³/mol. The molecule has 0 spiro atoms. The summed E-state index contributed by atoms with van der Waals surface area (Å²) in [5.41, 5.74) is 5.27. The van der Waals surface area contributed by atoms with Crippen LogP contribution in [0.3, 0.4) is 0 Å². The molecule has 3 N–H and O–H groups in total. The van der Waals surface area contributed by atoms with Gasteiger partial charge in [0.05, 0.1) is 19.2 Å². The van der Waals surface area contributed by atoms with Crippen LogP contribution >= 0.6 is 0 Å². The zero-order chi connectivity index (χ0) is 8.97. The van der Waals surface area contributed by atoms with Crippen LogP contribution in [0, 0.1) is 0 Å². The minimum atomic E-state index is -0.859. The second-order valence-corrected chi connectivity index (χ2v) is 2.32. The van der Waals surface area contributed by atoms with E-state index in [1.165, 1.54) is 6.20 Å². The van der Waals surface area contributed by atoms with E-state index >= 15 is 0 Å². The second-order valence-electron chi connectivity index (χ2n) is 2.32. The molecule has 0 aliphatic heterocycles. The lowest BCUT2D eigenvalue weighted by atomic mass is 10.3. The van der Waals surface area contributed by atoms with Crippen molar-refractivity contribution >= 4 is 5.97 Å². The Morgan fingerprint density at radius 1 is 1.75 bits per heavy atom. The van der Waals surface area contributed by atoms with Crippen molar-refractivity contribution in [3.05, 3.63) is 17.8 Å². The SMILES string of the molecule is NCc1cnc(CCC(=O)O)o1. The van der Waals surface area contributed by atoms with Crippen LogP contribution in [-0.2, 0) is 17.8 Å². The molecule has 0 amide bonds. The third-order valence-corrected chi connectivity index (χ3v) is 1.36. The Hall–Kier alpha value is -1.36. The molecule has 0 bridgehead atoms. The number of oxazole rings is 1. The van der Waals surface area contributed by atoms with E-state index in [0.29, 0.717) is 24.6 Å². The zero-order valence-electron chi connectivity index (χ0n) is 6.49. The van der Waals surface area contributed by atoms with E-state index in [2.05, 4.69) is 4.98 Å². The van der Waals surface area contributed by atoms with Crippen LogP contribution in [-0.4, -0.2) is 16.1 Å². The minimum absolute atomic E-state index is 0.0323. The third-order valence-electron chi connectivity index (χ3n) is 1.36. The van der Waals surface area contributed by atoms with Crippen LogP contribution in [0.1, 0.15) is 18.1 Å². The number of rotatable bonds is 4. The molecule has 1 heterocycles. The maximum absolute atomic E-state index is 10.2. The van der Waals surface area contributed by atoms with E-state index in [9.17, 15) is 4.79 Å². The molecule has 1 rings (SSSR count). The predicted octanol–water partition coefficient (Wildman–Crippen LogP) is 0.151. The van der Waals surface area contributed by atoms with E-state index < -0.39 is 5.97 Å². The molecule has 5 heteroatoms. The van der Waals surface area contributed by atoms with Gasteiger partial charge in [0.15, 0.2) is 5.89 Å². The largest absolute Gasteiger partial charge is 0.481 e. The number of aryl methyl sites for hydroxylation is 1. The van der Waals surface area contributed by atoms with Gasteiger partial charge in [-0.2, -0.15) is 0 Å². The van der Waals surface area contributed by atoms with Gasteiger partial charge in [0.2, 0.25) is 0 Å². The number of aliphatic carboxylic acids is 1. The van der Waals surface area contributed by atoms with Crippen molar-refractivity contribution in [1.29, 1.82) is 0 Å². The first kappa shape index (κ1) is 8.73. The van der Waals surface area contributed by atoms with Crippen molar-refractivity contribution in [2.45, 2.75) is 19.4 Å². The Morgan fingerprint density at radius 2 is 2.50 bits per heavy atom. The van der Waals surface area contributed by atoms with Crippen molar-refractivity contribution in [2.24, 2.45) is 5.73 Å². The van der Waals surface area contributed by atoms with Crippen LogP contribution in [0.4, 0.5) is 0 Å². The Kier molecular flexibility index (Phi) is 2.82. The Bertz CT molecular complexity index is 269. The van der Waals surface area contributed by atoms with Crippen molar-refractivity contribution in [1.82, 2.24) is 4.98 Å². The summed E-state index contributed by atoms with van der Waals surface area (Å²) < 4.78 is 5.08. The monoisotopic (exact) mass is 170 g/mol. The maximum atomic E-state index is 10.2. The van der Waals surface area contributed by atoms with Gasteiger partial charge in [-0.1, -0.05) is 0 Å². The highest BCUT2D eigenvalue weighted by Gasteiger charge is 2.04. The van der Waals surface area contributed by atoms with Crippen molar-refractivity contribution in [2.75, 3.05) is 0 Å². The van der Waals surface area contributed by atoms with E-state index in [1.54, 1.807) is 0 Å². The van der Waals surface area contributed by atoms with Crippen LogP contribution in [0.25, 0.3) is 0 Å². The first-order valence-corrected chi connectivity index (χ1v) is 3.58. The van der Waals surface area contributed by atoms with Crippen LogP contribution in [0.5, 0.6) is 0 Å². The summed E-state index contributed by atoms with van der Waals surface area (Å²) in [5.74, 6) is 0.149. The smallest absolute Gasteiger partial charge is 0.303 e. The summed E-state index contributed by atoms with van der Waals surface area (Å²) in [4.78, 5) is 14.0. The molecule has 1 aromatic heterocycles. The fourth-order valence-electron chi connectivity index (χ4n) is 0.772. The molecule has 12 heavy (non-hydrogen) atoms. The van der Waals surface area contributed by atoms with Crippen LogP contribution < -0.4 is 5.73 Å². The molecular weight excluding hydrogens is 160 g/mol. The highest BCUT2D eigenvalue weighted by molar-refractivity contribution is 5.66. The van der Waals surface area contributed by atoms with E-state index in [0.717, 1.165) is 0 Å². The lowest BCUT2D eigenvalue weighted by Gasteiger charge is -1.90. The molecule has 0 unspecified atom stereocenters. The minimum Gasteiger partial charge on any atom is -0.481 e. The van der Waals surface area contributed by atoms with Crippen molar-refractivity contribution in [3.63, 3.8) is 0 Å². The average Bonchev–Trinajstić information content (AvgIpc) is 2.48. The standard InChI is InChI=1S/C7H10N2O3/c8-3-5-4-9-6(12-5)1-2-7(10)11/h4H,1-3,8H2,(H,10,11). The van der Waals surface area contributed by atoms with Gasteiger partial charge in [0.25, 0.3) is 0 Å². The summed E-state index contributed by atoms with van der Waals surface area (Å²) in [6, 6.07) is 0. The fourth-order valence-corrected chi connectivity index (χ4v) is 0.772. The number of nitrogens with zero attached hydrogens (tertiary/aromatic N) is 1. The molecule has 0 atom stereocenters. The lowest BCUT2D eigenvalue weighted by Crippen LogP contribution is -1.97. The van der Waals surface area contributed by atoms with Crippen LogP contribution in [0.2, 0.25) is 0 Å². The number of carboxylic acids is 1. The number of nitrogens with two attached hydrogens (primary N) is 1. The number of aromatic nitrogens is 1. The van der Waals surface area contributed by atoms with Crippen molar-refractivity contribution in [3.8, 4) is 0 Å².